The minimum atomic E-state index is 0.546. The molecule has 0 saturated carbocycles. The highest BCUT2D eigenvalue weighted by atomic mass is 15.2. The Bertz CT molecular complexity index is 757. The van der Waals surface area contributed by atoms with Gasteiger partial charge in [0.25, 0.3) is 0 Å². The van der Waals surface area contributed by atoms with Crippen LogP contribution in [0, 0.1) is 6.92 Å². The Morgan fingerprint density at radius 3 is 2.95 bits per heavy atom. The van der Waals surface area contributed by atoms with Gasteiger partial charge < -0.3 is 9.55 Å². The molecule has 4 rings (SSSR count). The molecule has 1 fully saturated rings. The van der Waals surface area contributed by atoms with Crippen LogP contribution in [0.3, 0.4) is 0 Å². The molecule has 22 heavy (non-hydrogen) atoms. The molecule has 1 saturated heterocycles. The number of nitrogens with one attached hydrogen (secondary N) is 1. The van der Waals surface area contributed by atoms with Crippen molar-refractivity contribution in [2.45, 2.75) is 32.4 Å². The van der Waals surface area contributed by atoms with E-state index in [-0.39, 0.29) is 0 Å². The van der Waals surface area contributed by atoms with Crippen molar-refractivity contribution in [1.29, 1.82) is 0 Å². The fraction of sp³-hybridized carbons (Fsp3) is 0.389. The molecule has 3 aromatic rings. The second kappa shape index (κ2) is 5.61. The Kier molecular flexibility index (Phi) is 3.47. The van der Waals surface area contributed by atoms with E-state index in [1.54, 1.807) is 0 Å². The van der Waals surface area contributed by atoms with E-state index in [1.165, 1.54) is 30.6 Å². The van der Waals surface area contributed by atoms with E-state index >= 15 is 0 Å². The summed E-state index contributed by atoms with van der Waals surface area (Å²) in [5.74, 6) is 1.11. The summed E-state index contributed by atoms with van der Waals surface area (Å²) < 4.78 is 2.35. The molecule has 3 heterocycles. The molecule has 0 aliphatic carbocycles. The minimum Gasteiger partial charge on any atom is -0.364 e. The maximum atomic E-state index is 4.67. The van der Waals surface area contributed by atoms with Crippen LogP contribution >= 0.6 is 0 Å². The highest BCUT2D eigenvalue weighted by molar-refractivity contribution is 5.75. The summed E-state index contributed by atoms with van der Waals surface area (Å²) in [5, 5.41) is 0. The number of H-pyrrole nitrogens is 1. The SMILES string of the molecule is Cc1nc2ccccc2n1CCN1CCCC1c1ccc[nH]1. The molecule has 0 amide bonds. The summed E-state index contributed by atoms with van der Waals surface area (Å²) in [6, 6.07) is 13.3. The second-order valence-electron chi connectivity index (χ2n) is 6.12. The molecule has 0 radical (unpaired) electrons. The minimum absolute atomic E-state index is 0.546. The molecule has 114 valence electrons. The molecule has 0 bridgehead atoms. The van der Waals surface area contributed by atoms with Gasteiger partial charge in [-0.05, 0) is 50.6 Å². The molecule has 4 heteroatoms. The molecule has 1 unspecified atom stereocenters. The van der Waals surface area contributed by atoms with Crippen molar-refractivity contribution in [3.05, 3.63) is 54.1 Å². The predicted octanol–water partition coefficient (Wildman–Crippen LogP) is 3.51. The lowest BCUT2D eigenvalue weighted by atomic mass is 10.1. The van der Waals surface area contributed by atoms with Gasteiger partial charge in [-0.15, -0.1) is 0 Å². The van der Waals surface area contributed by atoms with E-state index in [9.17, 15) is 0 Å². The van der Waals surface area contributed by atoms with Crippen LogP contribution in [-0.2, 0) is 6.54 Å². The molecular weight excluding hydrogens is 272 g/mol. The number of aromatic nitrogens is 3. The van der Waals surface area contributed by atoms with Crippen molar-refractivity contribution in [1.82, 2.24) is 19.4 Å². The van der Waals surface area contributed by atoms with Crippen molar-refractivity contribution in [3.8, 4) is 0 Å². The monoisotopic (exact) mass is 294 g/mol. The first-order valence-corrected chi connectivity index (χ1v) is 8.12. The van der Waals surface area contributed by atoms with Crippen LogP contribution in [0.15, 0.2) is 42.6 Å². The Balaban J connectivity index is 1.53. The van der Waals surface area contributed by atoms with Gasteiger partial charge in [-0.25, -0.2) is 4.98 Å². The summed E-state index contributed by atoms with van der Waals surface area (Å²) in [5.41, 5.74) is 3.70. The lowest BCUT2D eigenvalue weighted by molar-refractivity contribution is 0.244. The highest BCUT2D eigenvalue weighted by Crippen LogP contribution is 2.30. The molecule has 2 aromatic heterocycles. The molecule has 4 nitrogen and oxygen atoms in total. The fourth-order valence-electron chi connectivity index (χ4n) is 3.70. The summed E-state index contributed by atoms with van der Waals surface area (Å²) in [4.78, 5) is 10.6. The van der Waals surface area contributed by atoms with Crippen LogP contribution < -0.4 is 0 Å². The standard InChI is InChI=1S/C18H22N4/c1-14-20-16-6-2-3-8-18(16)22(14)13-12-21-11-5-9-17(21)15-7-4-10-19-15/h2-4,6-8,10,17,19H,5,9,11-13H2,1H3. The van der Waals surface area contributed by atoms with Crippen LogP contribution in [-0.4, -0.2) is 32.5 Å². The van der Waals surface area contributed by atoms with Crippen molar-refractivity contribution in [3.63, 3.8) is 0 Å². The number of fused-ring (bicyclic) bond motifs is 1. The summed E-state index contributed by atoms with van der Waals surface area (Å²) in [7, 11) is 0. The number of aromatic amines is 1. The van der Waals surface area contributed by atoms with Gasteiger partial charge in [0.1, 0.15) is 5.82 Å². The molecule has 1 aromatic carbocycles. The number of aryl methyl sites for hydroxylation is 1. The molecule has 1 aliphatic rings. The van der Waals surface area contributed by atoms with Gasteiger partial charge in [0.2, 0.25) is 0 Å². The van der Waals surface area contributed by atoms with Crippen molar-refractivity contribution < 1.29 is 0 Å². The summed E-state index contributed by atoms with van der Waals surface area (Å²) >= 11 is 0. The maximum Gasteiger partial charge on any atom is 0.106 e. The number of para-hydroxylation sites is 2. The van der Waals surface area contributed by atoms with Crippen LogP contribution in [0.4, 0.5) is 0 Å². The number of hydrogen-bond donors (Lipinski definition) is 1. The number of rotatable bonds is 4. The zero-order chi connectivity index (χ0) is 14.9. The zero-order valence-electron chi connectivity index (χ0n) is 13.0. The molecule has 1 atom stereocenters. The first-order chi connectivity index (χ1) is 10.8. The Morgan fingerprint density at radius 1 is 1.18 bits per heavy atom. The van der Waals surface area contributed by atoms with E-state index in [2.05, 4.69) is 62.8 Å². The van der Waals surface area contributed by atoms with Crippen LogP contribution in [0.25, 0.3) is 11.0 Å². The van der Waals surface area contributed by atoms with Gasteiger partial charge in [-0.1, -0.05) is 12.1 Å². The second-order valence-corrected chi connectivity index (χ2v) is 6.12. The van der Waals surface area contributed by atoms with Crippen LogP contribution in [0.1, 0.15) is 30.4 Å². The number of hydrogen-bond acceptors (Lipinski definition) is 2. The number of nitrogens with zero attached hydrogens (tertiary/aromatic N) is 3. The average molecular weight is 294 g/mol. The van der Waals surface area contributed by atoms with Crippen molar-refractivity contribution >= 4 is 11.0 Å². The maximum absolute atomic E-state index is 4.67. The van der Waals surface area contributed by atoms with Crippen molar-refractivity contribution in [2.75, 3.05) is 13.1 Å². The third-order valence-corrected chi connectivity index (χ3v) is 4.80. The fourth-order valence-corrected chi connectivity index (χ4v) is 3.70. The average Bonchev–Trinajstić information content (AvgIpc) is 3.24. The van der Waals surface area contributed by atoms with Gasteiger partial charge in [0.15, 0.2) is 0 Å². The zero-order valence-corrected chi connectivity index (χ0v) is 13.0. The van der Waals surface area contributed by atoms with Crippen LogP contribution in [0.5, 0.6) is 0 Å². The van der Waals surface area contributed by atoms with Crippen molar-refractivity contribution in [2.24, 2.45) is 0 Å². The summed E-state index contributed by atoms with van der Waals surface area (Å²) in [6.07, 6.45) is 4.57. The molecular formula is C18H22N4. The quantitative estimate of drug-likeness (QED) is 0.799. The highest BCUT2D eigenvalue weighted by Gasteiger charge is 2.26. The van der Waals surface area contributed by atoms with Gasteiger partial charge in [0.05, 0.1) is 11.0 Å². The number of benzene rings is 1. The van der Waals surface area contributed by atoms with Gasteiger partial charge >= 0.3 is 0 Å². The Labute approximate surface area is 130 Å². The third-order valence-electron chi connectivity index (χ3n) is 4.80. The summed E-state index contributed by atoms with van der Waals surface area (Å²) in [6.45, 7) is 5.37. The van der Waals surface area contributed by atoms with Gasteiger partial charge in [-0.2, -0.15) is 0 Å². The molecule has 1 aliphatic heterocycles. The Hall–Kier alpha value is -2.07. The number of likely N-dealkylation sites (tertiary alicyclic amines) is 1. The predicted molar refractivity (Wildman–Crippen MR) is 88.8 cm³/mol. The Morgan fingerprint density at radius 2 is 2.09 bits per heavy atom. The molecule has 0 spiro atoms. The van der Waals surface area contributed by atoms with Gasteiger partial charge in [0, 0.05) is 31.0 Å². The molecule has 1 N–H and O–H groups in total. The van der Waals surface area contributed by atoms with Crippen LogP contribution in [0.2, 0.25) is 0 Å². The normalized spacial score (nSPS) is 19.2. The van der Waals surface area contributed by atoms with E-state index in [0.717, 1.165) is 24.4 Å². The van der Waals surface area contributed by atoms with Gasteiger partial charge in [-0.3, -0.25) is 4.90 Å². The third kappa shape index (κ3) is 2.33. The lowest BCUT2D eigenvalue weighted by Gasteiger charge is -2.24. The first kappa shape index (κ1) is 13.6. The van der Waals surface area contributed by atoms with E-state index in [0.29, 0.717) is 6.04 Å². The van der Waals surface area contributed by atoms with E-state index < -0.39 is 0 Å². The number of imidazole rings is 1. The topological polar surface area (TPSA) is 36.9 Å². The van der Waals surface area contributed by atoms with E-state index in [4.69, 9.17) is 0 Å². The lowest BCUT2D eigenvalue weighted by Crippen LogP contribution is -2.27. The smallest absolute Gasteiger partial charge is 0.106 e. The largest absolute Gasteiger partial charge is 0.364 e. The van der Waals surface area contributed by atoms with E-state index in [1.807, 2.05) is 6.20 Å². The first-order valence-electron chi connectivity index (χ1n) is 8.12.